The molecule has 1 N–H and O–H groups in total. The maximum atomic E-state index is 10.3. The Balaban J connectivity index is 1.80. The molecule has 2 aromatic rings. The molecular formula is C21H26N4O. The topological polar surface area (TPSA) is 70.5 Å². The van der Waals surface area contributed by atoms with E-state index in [0.29, 0.717) is 13.0 Å². The van der Waals surface area contributed by atoms with Gasteiger partial charge < -0.3 is 9.78 Å². The van der Waals surface area contributed by atoms with E-state index in [-0.39, 0.29) is 0 Å². The molecule has 0 spiro atoms. The number of aldehydes is 1. The van der Waals surface area contributed by atoms with Gasteiger partial charge in [0.05, 0.1) is 18.4 Å². The van der Waals surface area contributed by atoms with Crippen molar-refractivity contribution in [1.82, 2.24) is 9.97 Å². The van der Waals surface area contributed by atoms with Crippen LogP contribution in [0.2, 0.25) is 0 Å². The van der Waals surface area contributed by atoms with Crippen LogP contribution in [0.3, 0.4) is 0 Å². The Kier molecular flexibility index (Phi) is 8.77. The van der Waals surface area contributed by atoms with E-state index in [4.69, 9.17) is 0 Å². The maximum absolute atomic E-state index is 10.3. The van der Waals surface area contributed by atoms with Gasteiger partial charge in [0.25, 0.3) is 0 Å². The fourth-order valence-corrected chi connectivity index (χ4v) is 2.62. The molecule has 0 aliphatic rings. The molecule has 0 saturated heterocycles. The SMILES string of the molecule is C=N/C=C\C=N/Cc1ccc(-c2cnc(CCCCCCC=O)[nH]2)cc1. The Morgan fingerprint density at radius 3 is 2.69 bits per heavy atom. The molecule has 1 aromatic heterocycles. The van der Waals surface area contributed by atoms with Crippen molar-refractivity contribution in [2.75, 3.05) is 0 Å². The molecular weight excluding hydrogens is 324 g/mol. The van der Waals surface area contributed by atoms with E-state index in [0.717, 1.165) is 61.0 Å². The number of imidazole rings is 1. The lowest BCUT2D eigenvalue weighted by molar-refractivity contribution is -0.107. The summed E-state index contributed by atoms with van der Waals surface area (Å²) in [5.41, 5.74) is 3.31. The number of aromatic amines is 1. The summed E-state index contributed by atoms with van der Waals surface area (Å²) in [5, 5.41) is 0. The Labute approximate surface area is 155 Å². The summed E-state index contributed by atoms with van der Waals surface area (Å²) in [6.07, 6.45) is 13.9. The molecule has 1 heterocycles. The quantitative estimate of drug-likeness (QED) is 0.346. The van der Waals surface area contributed by atoms with Gasteiger partial charge in [-0.15, -0.1) is 0 Å². The first kappa shape index (κ1) is 19.5. The number of hydrogen-bond donors (Lipinski definition) is 1. The molecule has 0 unspecified atom stereocenters. The molecule has 0 saturated carbocycles. The molecule has 26 heavy (non-hydrogen) atoms. The molecule has 0 radical (unpaired) electrons. The highest BCUT2D eigenvalue weighted by molar-refractivity contribution is 5.71. The van der Waals surface area contributed by atoms with Gasteiger partial charge in [0.2, 0.25) is 0 Å². The average molecular weight is 350 g/mol. The van der Waals surface area contributed by atoms with Gasteiger partial charge in [-0.2, -0.15) is 0 Å². The number of aryl methyl sites for hydroxylation is 1. The second kappa shape index (κ2) is 11.7. The van der Waals surface area contributed by atoms with Gasteiger partial charge >= 0.3 is 0 Å². The zero-order chi connectivity index (χ0) is 18.5. The van der Waals surface area contributed by atoms with Crippen LogP contribution >= 0.6 is 0 Å². The normalized spacial score (nSPS) is 11.4. The van der Waals surface area contributed by atoms with Gasteiger partial charge in [0.15, 0.2) is 0 Å². The summed E-state index contributed by atoms with van der Waals surface area (Å²) >= 11 is 0. The van der Waals surface area contributed by atoms with Crippen molar-refractivity contribution >= 4 is 19.2 Å². The van der Waals surface area contributed by atoms with Crippen LogP contribution in [0.1, 0.15) is 43.5 Å². The lowest BCUT2D eigenvalue weighted by atomic mass is 10.1. The Bertz CT molecular complexity index is 729. The number of allylic oxidation sites excluding steroid dienone is 1. The van der Waals surface area contributed by atoms with Gasteiger partial charge in [0.1, 0.15) is 12.1 Å². The maximum Gasteiger partial charge on any atom is 0.119 e. The van der Waals surface area contributed by atoms with Crippen LogP contribution in [0.5, 0.6) is 0 Å². The molecule has 5 heteroatoms. The van der Waals surface area contributed by atoms with E-state index in [9.17, 15) is 4.79 Å². The largest absolute Gasteiger partial charge is 0.342 e. The van der Waals surface area contributed by atoms with Crippen LogP contribution in [0.25, 0.3) is 11.3 Å². The van der Waals surface area contributed by atoms with Crippen LogP contribution in [0.4, 0.5) is 0 Å². The number of carbonyl (C=O) groups is 1. The van der Waals surface area contributed by atoms with Gasteiger partial charge in [-0.3, -0.25) is 9.98 Å². The number of hydrogen-bond acceptors (Lipinski definition) is 4. The summed E-state index contributed by atoms with van der Waals surface area (Å²) < 4.78 is 0. The molecule has 2 rings (SSSR count). The van der Waals surface area contributed by atoms with E-state index in [1.54, 1.807) is 18.5 Å². The van der Waals surface area contributed by atoms with Crippen molar-refractivity contribution in [3.05, 3.63) is 54.1 Å². The van der Waals surface area contributed by atoms with Crippen LogP contribution in [0.15, 0.2) is 52.7 Å². The number of aliphatic imine (C=N–C) groups is 2. The molecule has 5 nitrogen and oxygen atoms in total. The molecule has 0 fully saturated rings. The highest BCUT2D eigenvalue weighted by Gasteiger charge is 2.03. The molecule has 0 atom stereocenters. The molecule has 136 valence electrons. The third-order valence-electron chi connectivity index (χ3n) is 4.04. The highest BCUT2D eigenvalue weighted by atomic mass is 16.1. The predicted octanol–water partition coefficient (Wildman–Crippen LogP) is 4.55. The number of nitrogens with zero attached hydrogens (tertiary/aromatic N) is 3. The van der Waals surface area contributed by atoms with E-state index in [1.165, 1.54) is 0 Å². The van der Waals surface area contributed by atoms with Gasteiger partial charge in [-0.1, -0.05) is 37.1 Å². The zero-order valence-electron chi connectivity index (χ0n) is 15.1. The predicted molar refractivity (Wildman–Crippen MR) is 108 cm³/mol. The highest BCUT2D eigenvalue weighted by Crippen LogP contribution is 2.19. The van der Waals surface area contributed by atoms with Gasteiger partial charge in [0, 0.05) is 25.3 Å². The molecule has 0 aliphatic heterocycles. The lowest BCUT2D eigenvalue weighted by Crippen LogP contribution is -1.89. The second-order valence-electron chi connectivity index (χ2n) is 6.07. The van der Waals surface area contributed by atoms with Crippen LogP contribution in [-0.4, -0.2) is 29.2 Å². The van der Waals surface area contributed by atoms with Crippen molar-refractivity contribution in [2.45, 2.75) is 45.1 Å². The summed E-state index contributed by atoms with van der Waals surface area (Å²) in [5.74, 6) is 1.02. The second-order valence-corrected chi connectivity index (χ2v) is 6.07. The number of H-pyrrole nitrogens is 1. The van der Waals surface area contributed by atoms with Gasteiger partial charge in [-0.25, -0.2) is 4.98 Å². The molecule has 1 aromatic carbocycles. The monoisotopic (exact) mass is 350 g/mol. The molecule has 0 aliphatic carbocycles. The van der Waals surface area contributed by atoms with Crippen LogP contribution < -0.4 is 0 Å². The number of carbonyl (C=O) groups excluding carboxylic acids is 1. The van der Waals surface area contributed by atoms with E-state index in [2.05, 4.69) is 50.9 Å². The van der Waals surface area contributed by atoms with Crippen molar-refractivity contribution < 1.29 is 4.79 Å². The zero-order valence-corrected chi connectivity index (χ0v) is 15.1. The number of rotatable bonds is 12. The summed E-state index contributed by atoms with van der Waals surface area (Å²) in [7, 11) is 0. The number of benzene rings is 1. The van der Waals surface area contributed by atoms with Crippen molar-refractivity contribution in [3.8, 4) is 11.3 Å². The van der Waals surface area contributed by atoms with Crippen molar-refractivity contribution in [2.24, 2.45) is 9.98 Å². The van der Waals surface area contributed by atoms with E-state index >= 15 is 0 Å². The number of aromatic nitrogens is 2. The first-order valence-corrected chi connectivity index (χ1v) is 9.01. The van der Waals surface area contributed by atoms with Gasteiger partial charge in [-0.05, 0) is 36.8 Å². The Morgan fingerprint density at radius 1 is 1.12 bits per heavy atom. The lowest BCUT2D eigenvalue weighted by Gasteiger charge is -2.01. The minimum atomic E-state index is 0.639. The number of nitrogens with one attached hydrogen (secondary N) is 1. The summed E-state index contributed by atoms with van der Waals surface area (Å²) in [4.78, 5) is 26.1. The molecule has 0 bridgehead atoms. The fourth-order valence-electron chi connectivity index (χ4n) is 2.62. The molecule has 0 amide bonds. The Morgan fingerprint density at radius 2 is 1.92 bits per heavy atom. The third-order valence-corrected chi connectivity index (χ3v) is 4.04. The smallest absolute Gasteiger partial charge is 0.119 e. The standard InChI is InChI=1S/C21H26N4O/c1-22-13-7-14-23-16-18-9-11-19(12-10-18)20-17-24-21(25-20)8-5-3-2-4-6-15-26/h7,9-15,17H,1-6,8,16H2,(H,24,25)/b13-7-,23-14-. The van der Waals surface area contributed by atoms with E-state index in [1.807, 2.05) is 6.20 Å². The summed E-state index contributed by atoms with van der Waals surface area (Å²) in [6, 6.07) is 8.33. The first-order valence-electron chi connectivity index (χ1n) is 9.01. The first-order chi connectivity index (χ1) is 12.8. The summed E-state index contributed by atoms with van der Waals surface area (Å²) in [6.45, 7) is 4.01. The fraction of sp³-hybridized carbons (Fsp3) is 0.333. The third kappa shape index (κ3) is 6.97. The minimum Gasteiger partial charge on any atom is -0.342 e. The Hall–Kier alpha value is -2.82. The van der Waals surface area contributed by atoms with Crippen molar-refractivity contribution in [3.63, 3.8) is 0 Å². The van der Waals surface area contributed by atoms with Crippen LogP contribution in [-0.2, 0) is 17.8 Å². The number of unbranched alkanes of at least 4 members (excludes halogenated alkanes) is 4. The average Bonchev–Trinajstić information content (AvgIpc) is 3.14. The van der Waals surface area contributed by atoms with E-state index < -0.39 is 0 Å². The van der Waals surface area contributed by atoms with Crippen molar-refractivity contribution in [1.29, 1.82) is 0 Å². The van der Waals surface area contributed by atoms with Crippen LogP contribution in [0, 0.1) is 0 Å². The minimum absolute atomic E-state index is 0.639.